The minimum Gasteiger partial charge on any atom is -0.422 e. The lowest BCUT2D eigenvalue weighted by molar-refractivity contribution is -0.197. The van der Waals surface area contributed by atoms with Gasteiger partial charge in [-0.25, -0.2) is 9.59 Å². The van der Waals surface area contributed by atoms with Crippen LogP contribution < -0.4 is 5.63 Å². The van der Waals surface area contributed by atoms with Gasteiger partial charge in [0.2, 0.25) is 0 Å². The summed E-state index contributed by atoms with van der Waals surface area (Å²) in [7, 11) is 0. The molecule has 0 saturated carbocycles. The zero-order chi connectivity index (χ0) is 17.4. The molecule has 0 radical (unpaired) electrons. The molecular formula is C16H12BrNO6. The average molecular weight is 394 g/mol. The summed E-state index contributed by atoms with van der Waals surface area (Å²) in [6.07, 6.45) is -0.368. The van der Waals surface area contributed by atoms with Crippen LogP contribution in [0.3, 0.4) is 0 Å². The number of carbonyl (C=O) groups excluding carboxylic acids is 3. The second kappa shape index (κ2) is 6.20. The molecule has 1 aromatic carbocycles. The fourth-order valence-electron chi connectivity index (χ4n) is 2.51. The Morgan fingerprint density at radius 3 is 2.58 bits per heavy atom. The Bertz CT molecular complexity index is 916. The molecule has 1 saturated heterocycles. The van der Waals surface area contributed by atoms with Crippen molar-refractivity contribution < 1.29 is 23.6 Å². The van der Waals surface area contributed by atoms with Crippen LogP contribution >= 0.6 is 15.9 Å². The number of aryl methyl sites for hydroxylation is 1. The quantitative estimate of drug-likeness (QED) is 0.584. The third kappa shape index (κ3) is 2.96. The van der Waals surface area contributed by atoms with Gasteiger partial charge in [-0.1, -0.05) is 15.9 Å². The van der Waals surface area contributed by atoms with Gasteiger partial charge in [-0.3, -0.25) is 9.59 Å². The maximum Gasteiger partial charge on any atom is 0.340 e. The molecule has 24 heavy (non-hydrogen) atoms. The van der Waals surface area contributed by atoms with Gasteiger partial charge in [0, 0.05) is 22.7 Å². The number of hydrogen-bond donors (Lipinski definition) is 0. The molecule has 7 nitrogen and oxygen atoms in total. The fourth-order valence-corrected chi connectivity index (χ4v) is 2.85. The number of fused-ring (bicyclic) bond motifs is 1. The van der Waals surface area contributed by atoms with Crippen LogP contribution in [0.1, 0.15) is 24.0 Å². The zero-order valence-electron chi connectivity index (χ0n) is 12.6. The average Bonchev–Trinajstić information content (AvgIpc) is 2.83. The SMILES string of the molecule is Cc1c(CC(=O)ON2C(=O)CCC2=O)c(=O)oc2cc(Br)ccc12. The van der Waals surface area contributed by atoms with Crippen molar-refractivity contribution >= 4 is 44.7 Å². The molecule has 0 bridgehead atoms. The van der Waals surface area contributed by atoms with Crippen LogP contribution in [0.25, 0.3) is 11.0 Å². The Labute approximate surface area is 144 Å². The zero-order valence-corrected chi connectivity index (χ0v) is 14.2. The molecule has 8 heteroatoms. The van der Waals surface area contributed by atoms with Crippen molar-refractivity contribution in [1.29, 1.82) is 0 Å². The minimum atomic E-state index is -0.870. The van der Waals surface area contributed by atoms with E-state index in [-0.39, 0.29) is 18.4 Å². The minimum absolute atomic E-state index is 0.0120. The van der Waals surface area contributed by atoms with Crippen molar-refractivity contribution in [2.45, 2.75) is 26.2 Å². The summed E-state index contributed by atoms with van der Waals surface area (Å²) >= 11 is 3.29. The Balaban J connectivity index is 1.88. The number of hydroxylamine groups is 2. The molecular weight excluding hydrogens is 382 g/mol. The highest BCUT2D eigenvalue weighted by Crippen LogP contribution is 2.23. The van der Waals surface area contributed by atoms with Gasteiger partial charge < -0.3 is 9.25 Å². The van der Waals surface area contributed by atoms with Crippen LogP contribution in [0.2, 0.25) is 0 Å². The molecule has 2 heterocycles. The molecule has 0 atom stereocenters. The summed E-state index contributed by atoms with van der Waals surface area (Å²) in [4.78, 5) is 51.8. The molecule has 0 aliphatic carbocycles. The predicted molar refractivity (Wildman–Crippen MR) is 85.8 cm³/mol. The van der Waals surface area contributed by atoms with Crippen molar-refractivity contribution in [3.8, 4) is 0 Å². The van der Waals surface area contributed by atoms with Gasteiger partial charge in [-0.2, -0.15) is 0 Å². The van der Waals surface area contributed by atoms with Crippen LogP contribution in [0, 0.1) is 6.92 Å². The van der Waals surface area contributed by atoms with Crippen LogP contribution in [0.4, 0.5) is 0 Å². The smallest absolute Gasteiger partial charge is 0.340 e. The summed E-state index contributed by atoms with van der Waals surface area (Å²) in [5.74, 6) is -2.01. The van der Waals surface area contributed by atoms with Crippen molar-refractivity contribution in [1.82, 2.24) is 5.06 Å². The first-order valence-electron chi connectivity index (χ1n) is 7.15. The van der Waals surface area contributed by atoms with Crippen LogP contribution in [0.15, 0.2) is 31.9 Å². The molecule has 1 aliphatic rings. The number of carbonyl (C=O) groups is 3. The monoisotopic (exact) mass is 393 g/mol. The van der Waals surface area contributed by atoms with E-state index in [0.717, 1.165) is 4.47 Å². The lowest BCUT2D eigenvalue weighted by Gasteiger charge is -2.13. The molecule has 1 aliphatic heterocycles. The summed E-state index contributed by atoms with van der Waals surface area (Å²) in [6, 6.07) is 5.21. The molecule has 0 N–H and O–H groups in total. The lowest BCUT2D eigenvalue weighted by Crippen LogP contribution is -2.33. The van der Waals surface area contributed by atoms with Crippen LogP contribution in [-0.2, 0) is 25.6 Å². The summed E-state index contributed by atoms with van der Waals surface area (Å²) < 4.78 is 5.99. The first kappa shape index (κ1) is 16.4. The lowest BCUT2D eigenvalue weighted by atomic mass is 10.0. The topological polar surface area (TPSA) is 93.9 Å². The fraction of sp³-hybridized carbons (Fsp3) is 0.250. The molecule has 3 rings (SSSR count). The highest BCUT2D eigenvalue weighted by atomic mass is 79.9. The van der Waals surface area contributed by atoms with Crippen LogP contribution in [-0.4, -0.2) is 22.8 Å². The Morgan fingerprint density at radius 1 is 1.25 bits per heavy atom. The van der Waals surface area contributed by atoms with E-state index < -0.39 is 29.8 Å². The first-order valence-corrected chi connectivity index (χ1v) is 7.94. The summed E-state index contributed by atoms with van der Waals surface area (Å²) in [5, 5.41) is 1.14. The maximum absolute atomic E-state index is 12.1. The third-order valence-electron chi connectivity index (χ3n) is 3.77. The van der Waals surface area contributed by atoms with E-state index in [1.54, 1.807) is 25.1 Å². The number of rotatable bonds is 3. The van der Waals surface area contributed by atoms with Gasteiger partial charge in [-0.05, 0) is 30.7 Å². The van der Waals surface area contributed by atoms with Crippen molar-refractivity contribution in [2.24, 2.45) is 0 Å². The molecule has 124 valence electrons. The second-order valence-electron chi connectivity index (χ2n) is 5.36. The van der Waals surface area contributed by atoms with E-state index in [9.17, 15) is 19.2 Å². The van der Waals surface area contributed by atoms with Crippen molar-refractivity contribution in [3.05, 3.63) is 44.2 Å². The van der Waals surface area contributed by atoms with E-state index in [4.69, 9.17) is 9.25 Å². The number of hydrogen-bond acceptors (Lipinski definition) is 6. The van der Waals surface area contributed by atoms with E-state index in [2.05, 4.69) is 15.9 Å². The molecule has 2 amide bonds. The third-order valence-corrected chi connectivity index (χ3v) is 4.26. The van der Waals surface area contributed by atoms with Crippen molar-refractivity contribution in [2.75, 3.05) is 0 Å². The van der Waals surface area contributed by atoms with E-state index >= 15 is 0 Å². The van der Waals surface area contributed by atoms with Gasteiger partial charge >= 0.3 is 11.6 Å². The van der Waals surface area contributed by atoms with Gasteiger partial charge in [-0.15, -0.1) is 5.06 Å². The van der Waals surface area contributed by atoms with Gasteiger partial charge in [0.25, 0.3) is 11.8 Å². The van der Waals surface area contributed by atoms with Gasteiger partial charge in [0.05, 0.1) is 12.0 Å². The van der Waals surface area contributed by atoms with E-state index in [1.165, 1.54) is 0 Å². The largest absolute Gasteiger partial charge is 0.422 e. The Kier molecular flexibility index (Phi) is 4.23. The maximum atomic E-state index is 12.1. The number of amides is 2. The molecule has 2 aromatic rings. The van der Waals surface area contributed by atoms with E-state index in [0.29, 0.717) is 21.6 Å². The van der Waals surface area contributed by atoms with Crippen molar-refractivity contribution in [3.63, 3.8) is 0 Å². The second-order valence-corrected chi connectivity index (χ2v) is 6.27. The van der Waals surface area contributed by atoms with E-state index in [1.807, 2.05) is 0 Å². The number of benzene rings is 1. The molecule has 0 spiro atoms. The summed E-state index contributed by atoms with van der Waals surface area (Å²) in [5.41, 5.74) is 0.460. The normalized spacial score (nSPS) is 14.5. The number of nitrogens with zero attached hydrogens (tertiary/aromatic N) is 1. The number of imide groups is 1. The standard InChI is InChI=1S/C16H12BrNO6/c1-8-10-3-2-9(17)6-12(10)23-16(22)11(8)7-15(21)24-18-13(19)4-5-14(18)20/h2-3,6H,4-5,7H2,1H3. The first-order chi connectivity index (χ1) is 11.4. The highest BCUT2D eigenvalue weighted by molar-refractivity contribution is 9.10. The van der Waals surface area contributed by atoms with Gasteiger partial charge in [0.15, 0.2) is 0 Å². The summed E-state index contributed by atoms with van der Waals surface area (Å²) in [6.45, 7) is 1.70. The van der Waals surface area contributed by atoms with Crippen LogP contribution in [0.5, 0.6) is 0 Å². The Hall–Kier alpha value is -2.48. The van der Waals surface area contributed by atoms with Gasteiger partial charge in [0.1, 0.15) is 5.58 Å². The molecule has 0 unspecified atom stereocenters. The number of halogens is 1. The molecule has 1 fully saturated rings. The highest BCUT2D eigenvalue weighted by Gasteiger charge is 2.33. The predicted octanol–water partition coefficient (Wildman–Crippen LogP) is 2.01. The molecule has 1 aromatic heterocycles. The Morgan fingerprint density at radius 2 is 1.92 bits per heavy atom.